The zero-order valence-corrected chi connectivity index (χ0v) is 16.6. The molecule has 4 N–H and O–H groups in total. The first kappa shape index (κ1) is 20.1. The Labute approximate surface area is 185 Å². The average molecular weight is 470 g/mol. The molecule has 0 fully saturated rings. The number of hydrogen-bond acceptors (Lipinski definition) is 11. The molecule has 5 rings (SSSR count). The van der Waals surface area contributed by atoms with Gasteiger partial charge in [0, 0.05) is 11.6 Å². The number of ketones is 1. The lowest BCUT2D eigenvalue weighted by Crippen LogP contribution is -2.17. The van der Waals surface area contributed by atoms with Crippen LogP contribution in [-0.4, -0.2) is 51.9 Å². The smallest absolute Gasteiger partial charge is 0.288 e. The number of carbonyl (C=O) groups is 1. The van der Waals surface area contributed by atoms with E-state index in [1.54, 1.807) is 0 Å². The number of carbonyl (C=O) groups excluding carboxylic acids is 1. The summed E-state index contributed by atoms with van der Waals surface area (Å²) in [7, 11) is 0. The molecule has 2 aliphatic heterocycles. The number of rotatable bonds is 5. The third-order valence-corrected chi connectivity index (χ3v) is 5.26. The summed E-state index contributed by atoms with van der Waals surface area (Å²) in [6.07, 6.45) is 0. The van der Waals surface area contributed by atoms with E-state index in [0.717, 1.165) is 15.2 Å². The quantitative estimate of drug-likeness (QED) is 0.247. The molecule has 0 amide bonds. The maximum atomic E-state index is 13.6. The van der Waals surface area contributed by atoms with Crippen LogP contribution in [0.3, 0.4) is 0 Å². The number of aromatic nitrogens is 4. The molecule has 0 saturated heterocycles. The lowest BCUT2D eigenvalue weighted by Gasteiger charge is -2.14. The molecule has 0 spiro atoms. The van der Waals surface area contributed by atoms with Crippen LogP contribution in [0.5, 0.6) is 11.8 Å². The number of halogens is 1. The molecule has 1 aromatic carbocycles. The number of hydrogen-bond donors (Lipinski definition) is 4. The molecule has 0 radical (unpaired) electrons. The molecule has 33 heavy (non-hydrogen) atoms. The zero-order chi connectivity index (χ0) is 23.6. The number of benzene rings is 1. The molecule has 0 saturated carbocycles. The van der Waals surface area contributed by atoms with E-state index in [-0.39, 0.29) is 28.8 Å². The van der Waals surface area contributed by atoms with Crippen LogP contribution >= 0.6 is 11.6 Å². The Hall–Kier alpha value is -4.86. The first-order valence-corrected chi connectivity index (χ1v) is 9.20. The van der Waals surface area contributed by atoms with Gasteiger partial charge < -0.3 is 10.2 Å². The molecule has 0 aliphatic carbocycles. The van der Waals surface area contributed by atoms with Crippen molar-refractivity contribution in [1.29, 1.82) is 10.8 Å². The first-order chi connectivity index (χ1) is 15.7. The van der Waals surface area contributed by atoms with Crippen LogP contribution in [0.25, 0.3) is 0 Å². The van der Waals surface area contributed by atoms with E-state index in [1.807, 2.05) is 0 Å². The Morgan fingerprint density at radius 2 is 1.52 bits per heavy atom. The number of nitro groups is 1. The second-order valence-corrected chi connectivity index (χ2v) is 7.03. The van der Waals surface area contributed by atoms with Crippen LogP contribution < -0.4 is 0 Å². The van der Waals surface area contributed by atoms with Crippen molar-refractivity contribution in [3.8, 4) is 11.8 Å². The molecule has 4 heterocycles. The Kier molecular flexibility index (Phi) is 4.15. The number of aromatic hydroxyl groups is 2. The molecule has 0 atom stereocenters. The van der Waals surface area contributed by atoms with Gasteiger partial charge in [0.05, 0.1) is 4.92 Å². The SMILES string of the molecule is N=C1N=Nc2nc(C(C(=O)c3cccc([N+](=O)[O-])c3Cl)c3nc4n(c3O)C(=N)N=N4)c(O)n21. The number of Topliss-reactive ketones (excluding diaryl/α,β-unsaturated/α-hetero) is 1. The van der Waals surface area contributed by atoms with Gasteiger partial charge in [-0.1, -0.05) is 17.7 Å². The lowest BCUT2D eigenvalue weighted by molar-refractivity contribution is -0.384. The highest BCUT2D eigenvalue weighted by atomic mass is 35.5. The molecule has 2 aromatic heterocycles. The summed E-state index contributed by atoms with van der Waals surface area (Å²) in [5, 5.41) is 61.9. The van der Waals surface area contributed by atoms with Crippen molar-refractivity contribution in [3.05, 3.63) is 50.3 Å². The van der Waals surface area contributed by atoms with Gasteiger partial charge in [0.25, 0.3) is 29.5 Å². The van der Waals surface area contributed by atoms with Gasteiger partial charge in [0.15, 0.2) is 5.78 Å². The molecule has 3 aromatic rings. The number of azo groups is 2. The largest absolute Gasteiger partial charge is 0.493 e. The number of nitrogens with one attached hydrogen (secondary N) is 2. The average Bonchev–Trinajstić information content (AvgIpc) is 3.49. The number of imidazole rings is 2. The van der Waals surface area contributed by atoms with E-state index in [2.05, 4.69) is 30.4 Å². The molecule has 17 heteroatoms. The standard InChI is InChI=1S/C16H8ClN11O5/c17-7-4(2-1-3-5(7)28(32)33)10(29)6(8-11(30)26-13(18)22-24-15(26)20-8)9-12(31)27-14(19)23-25-16(27)21-9/h1-3,6,18-19,30-31H. The van der Waals surface area contributed by atoms with E-state index < -0.39 is 51.0 Å². The van der Waals surface area contributed by atoms with Gasteiger partial charge in [-0.3, -0.25) is 25.7 Å². The fourth-order valence-electron chi connectivity index (χ4n) is 3.40. The fourth-order valence-corrected chi connectivity index (χ4v) is 3.69. The van der Waals surface area contributed by atoms with Crippen LogP contribution in [0.2, 0.25) is 5.02 Å². The third-order valence-electron chi connectivity index (χ3n) is 4.86. The summed E-state index contributed by atoms with van der Waals surface area (Å²) < 4.78 is 1.68. The maximum Gasteiger partial charge on any atom is 0.288 e. The van der Waals surface area contributed by atoms with Gasteiger partial charge >= 0.3 is 0 Å². The highest BCUT2D eigenvalue weighted by Gasteiger charge is 2.40. The Morgan fingerprint density at radius 1 is 1.00 bits per heavy atom. The van der Waals surface area contributed by atoms with Crippen molar-refractivity contribution >= 4 is 46.9 Å². The summed E-state index contributed by atoms with van der Waals surface area (Å²) in [4.78, 5) is 32.2. The van der Waals surface area contributed by atoms with Gasteiger partial charge in [-0.15, -0.1) is 20.5 Å². The van der Waals surface area contributed by atoms with E-state index >= 15 is 0 Å². The highest BCUT2D eigenvalue weighted by Crippen LogP contribution is 2.43. The molecule has 2 aliphatic rings. The zero-order valence-electron chi connectivity index (χ0n) is 15.8. The molecule has 0 bridgehead atoms. The number of fused-ring (bicyclic) bond motifs is 2. The van der Waals surface area contributed by atoms with Gasteiger partial charge in [0.2, 0.25) is 11.8 Å². The van der Waals surface area contributed by atoms with Crippen LogP contribution in [0.4, 0.5) is 17.6 Å². The van der Waals surface area contributed by atoms with Crippen LogP contribution in [-0.2, 0) is 0 Å². The summed E-state index contributed by atoms with van der Waals surface area (Å²) >= 11 is 6.12. The molecular formula is C16H8ClN11O5. The van der Waals surface area contributed by atoms with Gasteiger partial charge in [-0.05, 0) is 6.07 Å². The van der Waals surface area contributed by atoms with Gasteiger partial charge in [-0.2, -0.15) is 0 Å². The van der Waals surface area contributed by atoms with E-state index in [1.165, 1.54) is 12.1 Å². The second-order valence-electron chi connectivity index (χ2n) is 6.65. The third kappa shape index (κ3) is 2.74. The minimum absolute atomic E-state index is 0.214. The molecule has 16 nitrogen and oxygen atoms in total. The summed E-state index contributed by atoms with van der Waals surface area (Å²) in [5.74, 6) is -5.36. The maximum absolute atomic E-state index is 13.6. The van der Waals surface area contributed by atoms with Gasteiger partial charge in [-0.25, -0.2) is 19.1 Å². The summed E-state index contributed by atoms with van der Waals surface area (Å²) in [5.41, 5.74) is -1.61. The van der Waals surface area contributed by atoms with Crippen molar-refractivity contribution in [2.24, 2.45) is 20.5 Å². The Morgan fingerprint density at radius 3 is 1.97 bits per heavy atom. The van der Waals surface area contributed by atoms with Crippen molar-refractivity contribution in [2.75, 3.05) is 0 Å². The topological polar surface area (TPSA) is 233 Å². The van der Waals surface area contributed by atoms with E-state index in [0.29, 0.717) is 0 Å². The minimum Gasteiger partial charge on any atom is -0.493 e. The summed E-state index contributed by atoms with van der Waals surface area (Å²) in [6, 6.07) is 3.56. The molecule has 164 valence electrons. The van der Waals surface area contributed by atoms with E-state index in [9.17, 15) is 25.1 Å². The predicted octanol–water partition coefficient (Wildman–Crippen LogP) is 2.83. The fraction of sp³-hybridized carbons (Fsp3) is 0.0625. The van der Waals surface area contributed by atoms with Gasteiger partial charge in [0.1, 0.15) is 22.3 Å². The van der Waals surface area contributed by atoms with Crippen molar-refractivity contribution < 1.29 is 19.9 Å². The second kappa shape index (κ2) is 6.82. The van der Waals surface area contributed by atoms with Crippen LogP contribution in [0.15, 0.2) is 38.7 Å². The van der Waals surface area contributed by atoms with Crippen molar-refractivity contribution in [3.63, 3.8) is 0 Å². The normalized spacial score (nSPS) is 14.6. The van der Waals surface area contributed by atoms with Crippen molar-refractivity contribution in [1.82, 2.24) is 19.1 Å². The molecular weight excluding hydrogens is 462 g/mol. The Balaban J connectivity index is 1.75. The number of nitrogens with zero attached hydrogens (tertiary/aromatic N) is 9. The number of nitro benzene ring substituents is 1. The van der Waals surface area contributed by atoms with Crippen LogP contribution in [0.1, 0.15) is 27.7 Å². The highest BCUT2D eigenvalue weighted by molar-refractivity contribution is 6.36. The minimum atomic E-state index is -1.67. The molecule has 0 unspecified atom stereocenters. The van der Waals surface area contributed by atoms with Crippen molar-refractivity contribution in [2.45, 2.75) is 5.92 Å². The van der Waals surface area contributed by atoms with E-state index in [4.69, 9.17) is 22.4 Å². The van der Waals surface area contributed by atoms with Crippen LogP contribution in [0, 0.1) is 20.9 Å². The summed E-state index contributed by atoms with van der Waals surface area (Å²) in [6.45, 7) is 0. The monoisotopic (exact) mass is 469 g/mol. The Bertz CT molecular complexity index is 1430. The first-order valence-electron chi connectivity index (χ1n) is 8.82. The predicted molar refractivity (Wildman–Crippen MR) is 107 cm³/mol. The lowest BCUT2D eigenvalue weighted by atomic mass is 9.91.